The molecule has 2 fully saturated rings. The van der Waals surface area contributed by atoms with Gasteiger partial charge in [-0.2, -0.15) is 17.0 Å². The third-order valence-corrected chi connectivity index (χ3v) is 11.2. The second-order valence-corrected chi connectivity index (χ2v) is 14.3. The number of nitrogens with zero attached hydrogens (tertiary/aromatic N) is 4. The van der Waals surface area contributed by atoms with E-state index in [1.54, 1.807) is 0 Å². The van der Waals surface area contributed by atoms with Crippen molar-refractivity contribution in [3.63, 3.8) is 0 Å². The van der Waals surface area contributed by atoms with Gasteiger partial charge in [0.25, 0.3) is 10.2 Å². The van der Waals surface area contributed by atoms with Gasteiger partial charge in [0.2, 0.25) is 5.91 Å². The first kappa shape index (κ1) is 37.1. The van der Waals surface area contributed by atoms with Crippen molar-refractivity contribution in [3.8, 4) is 0 Å². The number of rotatable bonds is 12. The highest BCUT2D eigenvalue weighted by Gasteiger charge is 2.39. The molecule has 2 aliphatic heterocycles. The molecule has 1 aromatic heterocycles. The Kier molecular flexibility index (Phi) is 12.1. The molecule has 16 heteroatoms. The van der Waals surface area contributed by atoms with Gasteiger partial charge in [0, 0.05) is 63.4 Å². The molecular formula is C34H40F4N6O5S. The molecule has 3 atom stereocenters. The number of amides is 2. The molecule has 0 saturated carbocycles. The zero-order valence-electron chi connectivity index (χ0n) is 27.7. The minimum absolute atomic E-state index is 0.00939. The predicted molar refractivity (Wildman–Crippen MR) is 177 cm³/mol. The number of hydrogen-bond donors (Lipinski definition) is 2. The Morgan fingerprint density at radius 1 is 1.00 bits per heavy atom. The number of benzene rings is 2. The Bertz CT molecular complexity index is 1760. The van der Waals surface area contributed by atoms with Crippen molar-refractivity contribution < 1.29 is 40.3 Å². The monoisotopic (exact) mass is 720 g/mol. The van der Waals surface area contributed by atoms with Crippen LogP contribution in [0.2, 0.25) is 0 Å². The molecule has 0 radical (unpaired) electrons. The van der Waals surface area contributed by atoms with Crippen LogP contribution in [0.3, 0.4) is 0 Å². The second kappa shape index (κ2) is 16.3. The van der Waals surface area contributed by atoms with Gasteiger partial charge < -0.3 is 15.4 Å². The van der Waals surface area contributed by atoms with Crippen molar-refractivity contribution in [1.29, 1.82) is 0 Å². The topological polar surface area (TPSA) is 124 Å². The molecule has 5 rings (SSSR count). The molecular weight excluding hydrogens is 680 g/mol. The van der Waals surface area contributed by atoms with Crippen molar-refractivity contribution in [2.45, 2.75) is 50.1 Å². The van der Waals surface area contributed by atoms with Crippen LogP contribution in [0, 0.1) is 23.3 Å². The second-order valence-electron chi connectivity index (χ2n) is 12.4. The molecule has 2 saturated heterocycles. The highest BCUT2D eigenvalue weighted by molar-refractivity contribution is 7.86. The first-order chi connectivity index (χ1) is 23.9. The number of pyridine rings is 1. The zero-order chi connectivity index (χ0) is 36.0. The minimum Gasteiger partial charge on any atom is -0.453 e. The number of ether oxygens (including phenoxy) is 1. The third-order valence-electron chi connectivity index (χ3n) is 9.15. The number of likely N-dealkylation sites (N-methyl/N-ethyl adjacent to an activating group) is 1. The quantitative estimate of drug-likeness (QED) is 0.266. The van der Waals surface area contributed by atoms with E-state index in [0.717, 1.165) is 55.3 Å². The maximum absolute atomic E-state index is 15.4. The van der Waals surface area contributed by atoms with E-state index >= 15 is 4.39 Å². The molecule has 2 N–H and O–H groups in total. The van der Waals surface area contributed by atoms with Crippen LogP contribution < -0.4 is 10.6 Å². The molecule has 50 heavy (non-hydrogen) atoms. The molecule has 2 aliphatic rings. The Morgan fingerprint density at radius 2 is 1.68 bits per heavy atom. The fourth-order valence-electron chi connectivity index (χ4n) is 6.69. The van der Waals surface area contributed by atoms with Gasteiger partial charge in [0.05, 0.1) is 25.2 Å². The van der Waals surface area contributed by atoms with Gasteiger partial charge in [-0.1, -0.05) is 12.1 Å². The smallest absolute Gasteiger partial charge is 0.409 e. The van der Waals surface area contributed by atoms with Gasteiger partial charge >= 0.3 is 6.09 Å². The lowest BCUT2D eigenvalue weighted by atomic mass is 9.83. The summed E-state index contributed by atoms with van der Waals surface area (Å²) in [5.41, 5.74) is 0.307. The maximum atomic E-state index is 15.4. The van der Waals surface area contributed by atoms with Crippen molar-refractivity contribution in [2.75, 3.05) is 52.2 Å². The van der Waals surface area contributed by atoms with Crippen LogP contribution in [0.1, 0.15) is 48.3 Å². The fraction of sp³-hybridized carbons (Fsp3) is 0.441. The summed E-state index contributed by atoms with van der Waals surface area (Å²) in [6.45, 7) is 2.22. The molecule has 0 bridgehead atoms. The van der Waals surface area contributed by atoms with Crippen molar-refractivity contribution in [1.82, 2.24) is 23.8 Å². The molecule has 0 spiro atoms. The van der Waals surface area contributed by atoms with Crippen LogP contribution in [-0.4, -0.2) is 97.9 Å². The van der Waals surface area contributed by atoms with Gasteiger partial charge in [-0.25, -0.2) is 22.4 Å². The van der Waals surface area contributed by atoms with E-state index in [9.17, 15) is 31.2 Å². The van der Waals surface area contributed by atoms with Crippen LogP contribution in [0.5, 0.6) is 0 Å². The lowest BCUT2D eigenvalue weighted by Crippen LogP contribution is -2.56. The van der Waals surface area contributed by atoms with Crippen molar-refractivity contribution in [3.05, 3.63) is 94.8 Å². The molecule has 270 valence electrons. The summed E-state index contributed by atoms with van der Waals surface area (Å²) in [5.74, 6) is -5.31. The lowest BCUT2D eigenvalue weighted by molar-refractivity contribution is -0.120. The number of piperazine rings is 1. The Morgan fingerprint density at radius 3 is 2.34 bits per heavy atom. The van der Waals surface area contributed by atoms with Crippen molar-refractivity contribution >= 4 is 27.9 Å². The number of anilines is 1. The largest absolute Gasteiger partial charge is 0.453 e. The minimum atomic E-state index is -3.65. The summed E-state index contributed by atoms with van der Waals surface area (Å²) in [4.78, 5) is 31.9. The van der Waals surface area contributed by atoms with E-state index in [-0.39, 0.29) is 34.8 Å². The molecule has 2 amide bonds. The Hall–Kier alpha value is -4.12. The van der Waals surface area contributed by atoms with Gasteiger partial charge in [-0.05, 0) is 67.5 Å². The average molecular weight is 721 g/mol. The molecule has 3 aromatic rings. The molecule has 11 nitrogen and oxygen atoms in total. The van der Waals surface area contributed by atoms with E-state index < -0.39 is 57.4 Å². The number of hydrogen-bond acceptors (Lipinski definition) is 7. The van der Waals surface area contributed by atoms with Crippen molar-refractivity contribution in [2.24, 2.45) is 0 Å². The average Bonchev–Trinajstić information content (AvgIpc) is 3.64. The standard InChI is InChI=1S/C34H40F4N6O5S/c1-42(34(46)49-2)32(31(22-8-10-24(35)11-9-22)23-16-25(36)18-26(37)17-23)33(45)41-30-21-40-20-29(38)28(30)7-5-6-27-19-39-12-15-44(27)50(47,48)43-13-3-4-14-43/h8-11,16-18,20-21,27,31-32,39H,3-7,12-15,19H2,1-2H3,(H,41,45). The van der Waals surface area contributed by atoms with E-state index in [2.05, 4.69) is 15.6 Å². The lowest BCUT2D eigenvalue weighted by Gasteiger charge is -2.37. The zero-order valence-corrected chi connectivity index (χ0v) is 28.6. The summed E-state index contributed by atoms with van der Waals surface area (Å²) in [7, 11) is -1.30. The molecule has 3 unspecified atom stereocenters. The van der Waals surface area contributed by atoms with Crippen LogP contribution in [0.15, 0.2) is 54.9 Å². The first-order valence-electron chi connectivity index (χ1n) is 16.3. The highest BCUT2D eigenvalue weighted by atomic mass is 32.2. The normalized spacial score (nSPS) is 18.4. The van der Waals surface area contributed by atoms with E-state index in [4.69, 9.17) is 4.74 Å². The van der Waals surface area contributed by atoms with Crippen LogP contribution in [-0.2, 0) is 26.2 Å². The summed E-state index contributed by atoms with van der Waals surface area (Å²) >= 11 is 0. The summed E-state index contributed by atoms with van der Waals surface area (Å²) in [6.07, 6.45) is 3.76. The summed E-state index contributed by atoms with van der Waals surface area (Å²) < 4.78 is 93.0. The SMILES string of the molecule is COC(=O)N(C)C(C(=O)Nc1cncc(F)c1CCCC1CNCCN1S(=O)(=O)N1CCCC1)C(c1ccc(F)cc1)c1cc(F)cc(F)c1. The first-order valence-corrected chi connectivity index (χ1v) is 17.7. The Labute approximate surface area is 288 Å². The predicted octanol–water partition coefficient (Wildman–Crippen LogP) is 4.41. The van der Waals surface area contributed by atoms with Crippen LogP contribution in [0.4, 0.5) is 28.0 Å². The van der Waals surface area contributed by atoms with Gasteiger partial charge in [-0.15, -0.1) is 0 Å². The number of halogens is 4. The summed E-state index contributed by atoms with van der Waals surface area (Å²) in [6, 6.07) is 5.64. The molecule has 0 aliphatic carbocycles. The Balaban J connectivity index is 1.42. The molecule has 2 aromatic carbocycles. The third kappa shape index (κ3) is 8.42. The number of methoxy groups -OCH3 is 1. The van der Waals surface area contributed by atoms with Gasteiger partial charge in [-0.3, -0.25) is 14.7 Å². The number of carbonyl (C=O) groups is 2. The van der Waals surface area contributed by atoms with Gasteiger partial charge in [0.1, 0.15) is 29.3 Å². The maximum Gasteiger partial charge on any atom is 0.409 e. The van der Waals surface area contributed by atoms with E-state index in [1.165, 1.54) is 34.0 Å². The van der Waals surface area contributed by atoms with Crippen LogP contribution >= 0.6 is 0 Å². The fourth-order valence-corrected chi connectivity index (χ4v) is 8.59. The van der Waals surface area contributed by atoms with Gasteiger partial charge in [0.15, 0.2) is 0 Å². The number of aromatic nitrogens is 1. The summed E-state index contributed by atoms with van der Waals surface area (Å²) in [5, 5.41) is 5.89. The number of nitrogens with one attached hydrogen (secondary N) is 2. The highest BCUT2D eigenvalue weighted by Crippen LogP contribution is 2.34. The van der Waals surface area contributed by atoms with Crippen LogP contribution in [0.25, 0.3) is 0 Å². The molecule has 3 heterocycles. The number of carbonyl (C=O) groups excluding carboxylic acids is 2. The van der Waals surface area contributed by atoms with E-state index in [1.807, 2.05) is 0 Å². The van der Waals surface area contributed by atoms with E-state index in [0.29, 0.717) is 51.6 Å².